The molecule has 0 aromatic heterocycles. The highest BCUT2D eigenvalue weighted by molar-refractivity contribution is 7.64. The van der Waals surface area contributed by atoms with E-state index in [1.54, 1.807) is 0 Å². The standard InChI is InChI=1S/C14H26O5P/c1-5-9-17-14(18-10-6-2,19-11-7-3)12-20(16)13(15)8-4/h8H,4-7,9-12H2,1-3H3/q+1. The quantitative estimate of drug-likeness (QED) is 0.296. The summed E-state index contributed by atoms with van der Waals surface area (Å²) in [5.41, 5.74) is -0.510. The first-order chi connectivity index (χ1) is 9.55. The maximum Gasteiger partial charge on any atom is 0.428 e. The van der Waals surface area contributed by atoms with Crippen molar-refractivity contribution in [3.8, 4) is 0 Å². The normalized spacial score (nSPS) is 12.2. The predicted molar refractivity (Wildman–Crippen MR) is 79.1 cm³/mol. The van der Waals surface area contributed by atoms with E-state index in [0.717, 1.165) is 25.3 Å². The van der Waals surface area contributed by atoms with Gasteiger partial charge in [-0.3, -0.25) is 0 Å². The maximum atomic E-state index is 12.0. The Morgan fingerprint density at radius 1 is 1.05 bits per heavy atom. The van der Waals surface area contributed by atoms with Crippen molar-refractivity contribution in [2.45, 2.75) is 46.0 Å². The molecule has 1 atom stereocenters. The zero-order valence-electron chi connectivity index (χ0n) is 12.7. The van der Waals surface area contributed by atoms with Crippen LogP contribution in [0.15, 0.2) is 12.7 Å². The van der Waals surface area contributed by atoms with Crippen LogP contribution in [-0.2, 0) is 23.6 Å². The Balaban J connectivity index is 4.95. The van der Waals surface area contributed by atoms with Crippen molar-refractivity contribution in [1.82, 2.24) is 0 Å². The van der Waals surface area contributed by atoms with Crippen LogP contribution in [0.5, 0.6) is 0 Å². The topological polar surface area (TPSA) is 61.8 Å². The molecule has 116 valence electrons. The third kappa shape index (κ3) is 7.25. The average molecular weight is 305 g/mol. The molecule has 0 saturated heterocycles. The molecule has 0 aliphatic carbocycles. The van der Waals surface area contributed by atoms with Crippen LogP contribution in [0.4, 0.5) is 0 Å². The van der Waals surface area contributed by atoms with Gasteiger partial charge in [0.1, 0.15) is 0 Å². The molecule has 5 nitrogen and oxygen atoms in total. The Morgan fingerprint density at radius 2 is 1.45 bits per heavy atom. The van der Waals surface area contributed by atoms with Crippen LogP contribution in [0.2, 0.25) is 0 Å². The zero-order chi connectivity index (χ0) is 15.4. The van der Waals surface area contributed by atoms with Gasteiger partial charge in [0.15, 0.2) is 0 Å². The number of ether oxygens (including phenoxy) is 3. The monoisotopic (exact) mass is 305 g/mol. The third-order valence-electron chi connectivity index (χ3n) is 2.34. The first-order valence-electron chi connectivity index (χ1n) is 7.08. The fourth-order valence-corrected chi connectivity index (χ4v) is 2.38. The summed E-state index contributed by atoms with van der Waals surface area (Å²) in [5.74, 6) is -1.39. The van der Waals surface area contributed by atoms with Gasteiger partial charge in [-0.05, 0) is 19.3 Å². The van der Waals surface area contributed by atoms with Crippen molar-refractivity contribution in [2.24, 2.45) is 0 Å². The van der Waals surface area contributed by atoms with E-state index in [9.17, 15) is 9.36 Å². The minimum absolute atomic E-state index is 0.104. The van der Waals surface area contributed by atoms with Gasteiger partial charge in [-0.1, -0.05) is 31.9 Å². The van der Waals surface area contributed by atoms with E-state index in [-0.39, 0.29) is 6.16 Å². The molecular formula is C14H26O5P+. The molecule has 0 N–H and O–H groups in total. The summed E-state index contributed by atoms with van der Waals surface area (Å²) in [7, 11) is -2.16. The van der Waals surface area contributed by atoms with Gasteiger partial charge in [-0.2, -0.15) is 0 Å². The lowest BCUT2D eigenvalue weighted by molar-refractivity contribution is -0.367. The molecule has 0 saturated carbocycles. The van der Waals surface area contributed by atoms with E-state index in [1.165, 1.54) is 0 Å². The first kappa shape index (κ1) is 19.4. The van der Waals surface area contributed by atoms with Crippen LogP contribution < -0.4 is 0 Å². The van der Waals surface area contributed by atoms with Crippen LogP contribution in [-0.4, -0.2) is 37.5 Å². The summed E-state index contributed by atoms with van der Waals surface area (Å²) in [4.78, 5) is 11.4. The van der Waals surface area contributed by atoms with Gasteiger partial charge in [-0.25, -0.2) is 4.79 Å². The van der Waals surface area contributed by atoms with Crippen LogP contribution in [0.1, 0.15) is 40.0 Å². The maximum absolute atomic E-state index is 12.0. The van der Waals surface area contributed by atoms with E-state index >= 15 is 0 Å². The van der Waals surface area contributed by atoms with Gasteiger partial charge in [-0.15, -0.1) is 0 Å². The molecular weight excluding hydrogens is 279 g/mol. The Morgan fingerprint density at radius 3 is 1.75 bits per heavy atom. The van der Waals surface area contributed by atoms with E-state index in [1.807, 2.05) is 20.8 Å². The Labute approximate surface area is 122 Å². The van der Waals surface area contributed by atoms with Crippen molar-refractivity contribution < 1.29 is 23.6 Å². The highest BCUT2D eigenvalue weighted by atomic mass is 31.1. The molecule has 0 radical (unpaired) electrons. The summed E-state index contributed by atoms with van der Waals surface area (Å²) in [5, 5.41) is 0. The van der Waals surface area contributed by atoms with E-state index in [2.05, 4.69) is 6.58 Å². The zero-order valence-corrected chi connectivity index (χ0v) is 13.6. The second-order valence-electron chi connectivity index (χ2n) is 4.31. The van der Waals surface area contributed by atoms with Gasteiger partial charge in [0.2, 0.25) is 6.16 Å². The molecule has 0 heterocycles. The van der Waals surface area contributed by atoms with Crippen molar-refractivity contribution in [3.05, 3.63) is 12.7 Å². The second-order valence-corrected chi connectivity index (χ2v) is 5.82. The molecule has 0 aromatic rings. The summed E-state index contributed by atoms with van der Waals surface area (Å²) in [6.07, 6.45) is 3.28. The molecule has 0 rings (SSSR count). The minimum atomic E-state index is -2.16. The fraction of sp³-hybridized carbons (Fsp3) is 0.786. The lowest BCUT2D eigenvalue weighted by Gasteiger charge is -2.29. The average Bonchev–Trinajstić information content (AvgIpc) is 2.47. The molecule has 6 heteroatoms. The fourth-order valence-electron chi connectivity index (χ4n) is 1.39. The lowest BCUT2D eigenvalue weighted by Crippen LogP contribution is -2.43. The predicted octanol–water partition coefficient (Wildman–Crippen LogP) is 3.46. The summed E-state index contributed by atoms with van der Waals surface area (Å²) in [6, 6.07) is 0. The lowest BCUT2D eigenvalue weighted by atomic mass is 10.5. The van der Waals surface area contributed by atoms with Gasteiger partial charge in [0, 0.05) is 6.08 Å². The van der Waals surface area contributed by atoms with Crippen LogP contribution in [0, 0.1) is 0 Å². The van der Waals surface area contributed by atoms with Gasteiger partial charge in [0.05, 0.1) is 19.8 Å². The number of carbonyl (C=O) groups excluding carboxylic acids is 1. The smallest absolute Gasteiger partial charge is 0.324 e. The SMILES string of the molecule is C=CC(=O)[P+](=O)CC(OCCC)(OCCC)OCCC. The summed E-state index contributed by atoms with van der Waals surface area (Å²) < 4.78 is 28.9. The molecule has 0 aliphatic rings. The van der Waals surface area contributed by atoms with Crippen molar-refractivity contribution in [2.75, 3.05) is 26.0 Å². The molecule has 0 aliphatic heterocycles. The summed E-state index contributed by atoms with van der Waals surface area (Å²) >= 11 is 0. The molecule has 1 unspecified atom stereocenters. The molecule has 0 fully saturated rings. The minimum Gasteiger partial charge on any atom is -0.324 e. The van der Waals surface area contributed by atoms with Crippen molar-refractivity contribution in [1.29, 1.82) is 0 Å². The van der Waals surface area contributed by atoms with Gasteiger partial charge < -0.3 is 14.2 Å². The van der Waals surface area contributed by atoms with E-state index < -0.39 is 19.3 Å². The molecule has 20 heavy (non-hydrogen) atoms. The van der Waals surface area contributed by atoms with E-state index in [4.69, 9.17) is 14.2 Å². The first-order valence-corrected chi connectivity index (χ1v) is 8.52. The number of rotatable bonds is 13. The largest absolute Gasteiger partial charge is 0.428 e. The highest BCUT2D eigenvalue weighted by Gasteiger charge is 2.45. The van der Waals surface area contributed by atoms with Crippen molar-refractivity contribution in [3.63, 3.8) is 0 Å². The van der Waals surface area contributed by atoms with Gasteiger partial charge in [0.25, 0.3) is 0 Å². The highest BCUT2D eigenvalue weighted by Crippen LogP contribution is 2.32. The molecule has 0 amide bonds. The number of carbonyl (C=O) groups is 1. The Kier molecular flexibility index (Phi) is 10.8. The second kappa shape index (κ2) is 11.1. The molecule has 0 bridgehead atoms. The number of hydrogen-bond donors (Lipinski definition) is 0. The van der Waals surface area contributed by atoms with Crippen molar-refractivity contribution >= 4 is 13.3 Å². The third-order valence-corrected chi connectivity index (χ3v) is 3.68. The summed E-state index contributed by atoms with van der Waals surface area (Å²) in [6.45, 7) is 10.5. The Hall–Kier alpha value is -0.610. The number of hydrogen-bond acceptors (Lipinski definition) is 5. The van der Waals surface area contributed by atoms with Crippen LogP contribution >= 0.6 is 7.80 Å². The van der Waals surface area contributed by atoms with Gasteiger partial charge >= 0.3 is 19.3 Å². The van der Waals surface area contributed by atoms with Crippen LogP contribution in [0.25, 0.3) is 0 Å². The number of allylic oxidation sites excluding steroid dienone is 1. The van der Waals surface area contributed by atoms with Crippen LogP contribution in [0.3, 0.4) is 0 Å². The van der Waals surface area contributed by atoms with E-state index in [0.29, 0.717) is 19.8 Å². The molecule has 0 spiro atoms. The molecule has 0 aromatic carbocycles. The Bertz CT molecular complexity index is 295.